The highest BCUT2D eigenvalue weighted by atomic mass is 79.9. The van der Waals surface area contributed by atoms with E-state index in [4.69, 9.17) is 14.6 Å². The highest BCUT2D eigenvalue weighted by Gasteiger charge is 2.27. The van der Waals surface area contributed by atoms with Gasteiger partial charge in [-0.05, 0) is 11.1 Å². The fourth-order valence-corrected chi connectivity index (χ4v) is 1.87. The van der Waals surface area contributed by atoms with Gasteiger partial charge in [-0.1, -0.05) is 15.9 Å². The van der Waals surface area contributed by atoms with Crippen LogP contribution in [0.3, 0.4) is 0 Å². The first-order valence-electron chi connectivity index (χ1n) is 5.16. The van der Waals surface area contributed by atoms with Crippen LogP contribution in [-0.4, -0.2) is 34.2 Å². The lowest BCUT2D eigenvalue weighted by Crippen LogP contribution is -2.34. The molecule has 0 saturated carbocycles. The van der Waals surface area contributed by atoms with Gasteiger partial charge < -0.3 is 14.6 Å². The third-order valence-electron chi connectivity index (χ3n) is 2.43. The Kier molecular flexibility index (Phi) is 4.12. The first-order valence-corrected chi connectivity index (χ1v) is 6.07. The van der Waals surface area contributed by atoms with Crippen molar-refractivity contribution in [3.05, 3.63) is 37.6 Å². The molecule has 7 nitrogen and oxygen atoms in total. The minimum absolute atomic E-state index is 0.134. The molecule has 1 aliphatic heterocycles. The van der Waals surface area contributed by atoms with E-state index in [1.807, 2.05) is 0 Å². The Morgan fingerprint density at radius 1 is 1.61 bits per heavy atom. The van der Waals surface area contributed by atoms with E-state index in [2.05, 4.69) is 20.9 Å². The lowest BCUT2D eigenvalue weighted by Gasteiger charge is -2.12. The molecule has 1 saturated heterocycles. The average molecular weight is 319 g/mol. The third kappa shape index (κ3) is 2.61. The number of H-pyrrole nitrogens is 1. The predicted octanol–water partition coefficient (Wildman–Crippen LogP) is -0.234. The fourth-order valence-electron chi connectivity index (χ4n) is 1.59. The second-order valence-corrected chi connectivity index (χ2v) is 4.11. The smallest absolute Gasteiger partial charge is 0.330 e. The van der Waals surface area contributed by atoms with Crippen LogP contribution < -0.4 is 11.2 Å². The van der Waals surface area contributed by atoms with Crippen LogP contribution in [0.15, 0.2) is 20.8 Å². The molecule has 0 unspecified atom stereocenters. The summed E-state index contributed by atoms with van der Waals surface area (Å²) in [7, 11) is 0. The maximum atomic E-state index is 11.7. The largest absolute Gasteiger partial charge is 0.391 e. The van der Waals surface area contributed by atoms with Gasteiger partial charge in [0.15, 0.2) is 12.5 Å². The molecule has 1 aliphatic rings. The molecule has 2 N–H and O–H groups in total. The standard InChI is InChI=1S/C10H11BrN2O5/c11-2-1-6-3-13(10(16)12-9(6)15)7-5-17-8(4-14)18-7/h1-3,7-8,14H,4-5H2,(H,12,15,16)/b2-1+/t7-,8+/m1/s1. The summed E-state index contributed by atoms with van der Waals surface area (Å²) in [6, 6.07) is 0. The van der Waals surface area contributed by atoms with Crippen LogP contribution in [0.4, 0.5) is 0 Å². The van der Waals surface area contributed by atoms with Crippen molar-refractivity contribution in [2.24, 2.45) is 0 Å². The van der Waals surface area contributed by atoms with E-state index in [9.17, 15) is 9.59 Å². The molecule has 1 fully saturated rings. The number of nitrogens with zero attached hydrogens (tertiary/aromatic N) is 1. The lowest BCUT2D eigenvalue weighted by molar-refractivity contribution is -0.0993. The molecule has 0 aromatic carbocycles. The summed E-state index contributed by atoms with van der Waals surface area (Å²) in [4.78, 5) is 26.8. The molecule has 0 spiro atoms. The highest BCUT2D eigenvalue weighted by Crippen LogP contribution is 2.18. The summed E-state index contributed by atoms with van der Waals surface area (Å²) in [5.41, 5.74) is -0.758. The third-order valence-corrected chi connectivity index (χ3v) is 2.70. The number of aliphatic hydroxyl groups is 1. The van der Waals surface area contributed by atoms with Crippen molar-refractivity contribution in [1.82, 2.24) is 9.55 Å². The van der Waals surface area contributed by atoms with Crippen LogP contribution in [0.25, 0.3) is 6.08 Å². The highest BCUT2D eigenvalue weighted by molar-refractivity contribution is 9.11. The van der Waals surface area contributed by atoms with Gasteiger partial charge in [0.25, 0.3) is 5.56 Å². The maximum Gasteiger partial charge on any atom is 0.330 e. The average Bonchev–Trinajstić information content (AvgIpc) is 2.81. The summed E-state index contributed by atoms with van der Waals surface area (Å²) in [6.45, 7) is -0.155. The Balaban J connectivity index is 2.36. The summed E-state index contributed by atoms with van der Waals surface area (Å²) in [5.74, 6) is 0. The van der Waals surface area contributed by atoms with E-state index < -0.39 is 23.8 Å². The Bertz CT molecular complexity index is 564. The quantitative estimate of drug-likeness (QED) is 0.802. The molecule has 1 aromatic rings. The van der Waals surface area contributed by atoms with Crippen molar-refractivity contribution >= 4 is 22.0 Å². The van der Waals surface area contributed by atoms with Gasteiger partial charge in [-0.25, -0.2) is 4.79 Å². The molecule has 0 amide bonds. The molecule has 18 heavy (non-hydrogen) atoms. The summed E-state index contributed by atoms with van der Waals surface area (Å²) < 4.78 is 11.6. The predicted molar refractivity (Wildman–Crippen MR) is 66.2 cm³/mol. The molecule has 0 aliphatic carbocycles. The molecule has 8 heteroatoms. The zero-order valence-corrected chi connectivity index (χ0v) is 10.8. The van der Waals surface area contributed by atoms with Crippen LogP contribution >= 0.6 is 15.9 Å². The fraction of sp³-hybridized carbons (Fsp3) is 0.400. The SMILES string of the molecule is O=c1[nH]c(=O)n([C@H]2CO[C@H](CO)O2)cc1/C=C/Br. The number of nitrogens with one attached hydrogen (secondary N) is 1. The van der Waals surface area contributed by atoms with Crippen molar-refractivity contribution in [1.29, 1.82) is 0 Å². The zero-order chi connectivity index (χ0) is 13.1. The Morgan fingerprint density at radius 2 is 2.39 bits per heavy atom. The van der Waals surface area contributed by atoms with Gasteiger partial charge in [0.05, 0.1) is 18.8 Å². The van der Waals surface area contributed by atoms with Gasteiger partial charge in [0, 0.05) is 6.20 Å². The van der Waals surface area contributed by atoms with Gasteiger partial charge in [-0.3, -0.25) is 14.3 Å². The number of halogens is 1. The number of aromatic nitrogens is 2. The van der Waals surface area contributed by atoms with Crippen molar-refractivity contribution < 1.29 is 14.6 Å². The summed E-state index contributed by atoms with van der Waals surface area (Å²) in [6.07, 6.45) is 1.49. The monoisotopic (exact) mass is 318 g/mol. The van der Waals surface area contributed by atoms with Gasteiger partial charge in [0.2, 0.25) is 0 Å². The second kappa shape index (κ2) is 5.61. The second-order valence-electron chi connectivity index (χ2n) is 3.58. The van der Waals surface area contributed by atoms with Gasteiger partial charge in [0.1, 0.15) is 0 Å². The number of ether oxygens (including phenoxy) is 2. The van der Waals surface area contributed by atoms with E-state index in [0.29, 0.717) is 5.56 Å². The molecule has 98 valence electrons. The van der Waals surface area contributed by atoms with Crippen molar-refractivity contribution in [2.45, 2.75) is 12.5 Å². The number of aliphatic hydroxyl groups excluding tert-OH is 1. The number of hydrogen-bond donors (Lipinski definition) is 2. The molecule has 2 rings (SSSR count). The lowest BCUT2D eigenvalue weighted by atomic mass is 10.3. The normalized spacial score (nSPS) is 23.9. The molecule has 0 bridgehead atoms. The Morgan fingerprint density at radius 3 is 3.00 bits per heavy atom. The van der Waals surface area contributed by atoms with E-state index in [1.54, 1.807) is 0 Å². The number of rotatable bonds is 3. The molecule has 2 heterocycles. The Hall–Kier alpha value is -1.22. The van der Waals surface area contributed by atoms with E-state index in [1.165, 1.54) is 21.8 Å². The van der Waals surface area contributed by atoms with Crippen LogP contribution in [-0.2, 0) is 9.47 Å². The topological polar surface area (TPSA) is 93.6 Å². The molecular weight excluding hydrogens is 308 g/mol. The van der Waals surface area contributed by atoms with E-state index in [0.717, 1.165) is 0 Å². The first kappa shape index (κ1) is 13.2. The minimum Gasteiger partial charge on any atom is -0.391 e. The Labute approximate surface area is 110 Å². The summed E-state index contributed by atoms with van der Waals surface area (Å²) in [5, 5.41) is 8.87. The van der Waals surface area contributed by atoms with Crippen molar-refractivity contribution in [3.63, 3.8) is 0 Å². The molecule has 1 aromatic heterocycles. The van der Waals surface area contributed by atoms with Gasteiger partial charge >= 0.3 is 5.69 Å². The minimum atomic E-state index is -0.746. The zero-order valence-electron chi connectivity index (χ0n) is 9.21. The van der Waals surface area contributed by atoms with Crippen molar-refractivity contribution in [3.8, 4) is 0 Å². The van der Waals surface area contributed by atoms with Crippen molar-refractivity contribution in [2.75, 3.05) is 13.2 Å². The number of aromatic amines is 1. The van der Waals surface area contributed by atoms with Gasteiger partial charge in [-0.15, -0.1) is 0 Å². The number of hydrogen-bond acceptors (Lipinski definition) is 5. The van der Waals surface area contributed by atoms with Crippen LogP contribution in [0.1, 0.15) is 11.8 Å². The van der Waals surface area contributed by atoms with E-state index in [-0.39, 0.29) is 13.2 Å². The first-order chi connectivity index (χ1) is 8.65. The van der Waals surface area contributed by atoms with Gasteiger partial charge in [-0.2, -0.15) is 0 Å². The molecule has 0 radical (unpaired) electrons. The maximum absolute atomic E-state index is 11.7. The van der Waals surface area contributed by atoms with E-state index >= 15 is 0 Å². The van der Waals surface area contributed by atoms with Crippen LogP contribution in [0.2, 0.25) is 0 Å². The molecular formula is C10H11BrN2O5. The van der Waals surface area contributed by atoms with Crippen LogP contribution in [0, 0.1) is 0 Å². The summed E-state index contributed by atoms with van der Waals surface area (Å²) >= 11 is 3.06. The molecule has 2 atom stereocenters. The van der Waals surface area contributed by atoms with Crippen LogP contribution in [0.5, 0.6) is 0 Å².